The third-order valence-corrected chi connectivity index (χ3v) is 8.12. The molecule has 1 heterocycles. The molecule has 0 aliphatic carbocycles. The normalized spacial score (nSPS) is 22.0. The van der Waals surface area contributed by atoms with Gasteiger partial charge >= 0.3 is 11.9 Å². The molecule has 0 aromatic carbocycles. The summed E-state index contributed by atoms with van der Waals surface area (Å²) in [5.41, 5.74) is 0. The Balaban J connectivity index is 2.46. The highest BCUT2D eigenvalue weighted by Gasteiger charge is 2.44. The van der Waals surface area contributed by atoms with Gasteiger partial charge in [0.2, 0.25) is 0 Å². The monoisotopic (exact) mass is 730 g/mol. The molecule has 294 valence electrons. The number of hydrogen-bond donors (Lipinski definition) is 4. The van der Waals surface area contributed by atoms with Gasteiger partial charge in [-0.25, -0.2) is 0 Å². The molecular weight excluding hydrogens is 664 g/mol. The van der Waals surface area contributed by atoms with Crippen molar-refractivity contribution in [3.8, 4) is 0 Å². The predicted octanol–water partition coefficient (Wildman–Crippen LogP) is 7.04. The Bertz CT molecular complexity index is 1120. The highest BCUT2D eigenvalue weighted by molar-refractivity contribution is 5.70. The highest BCUT2D eigenvalue weighted by atomic mass is 16.7. The van der Waals surface area contributed by atoms with Crippen molar-refractivity contribution in [1.82, 2.24) is 0 Å². The lowest BCUT2D eigenvalue weighted by Crippen LogP contribution is -2.59. The zero-order valence-corrected chi connectivity index (χ0v) is 31.5. The Morgan fingerprint density at radius 1 is 0.635 bits per heavy atom. The minimum Gasteiger partial charge on any atom is -0.462 e. The first-order chi connectivity index (χ1) is 25.3. The lowest BCUT2D eigenvalue weighted by molar-refractivity contribution is -0.305. The van der Waals surface area contributed by atoms with E-state index in [0.29, 0.717) is 12.8 Å². The summed E-state index contributed by atoms with van der Waals surface area (Å²) in [6, 6.07) is 0. The van der Waals surface area contributed by atoms with E-state index in [1.807, 2.05) is 25.2 Å². The zero-order valence-electron chi connectivity index (χ0n) is 31.5. The largest absolute Gasteiger partial charge is 0.462 e. The van der Waals surface area contributed by atoms with E-state index in [-0.39, 0.29) is 26.1 Å². The minimum atomic E-state index is -1.61. The predicted molar refractivity (Wildman–Crippen MR) is 205 cm³/mol. The van der Waals surface area contributed by atoms with Crippen LogP contribution in [-0.4, -0.2) is 89.0 Å². The van der Waals surface area contributed by atoms with Gasteiger partial charge < -0.3 is 39.4 Å². The number of allylic oxidation sites excluding steroid dienone is 14. The molecule has 1 fully saturated rings. The van der Waals surface area contributed by atoms with Crippen LogP contribution in [-0.2, 0) is 28.5 Å². The maximum atomic E-state index is 12.6. The molecule has 52 heavy (non-hydrogen) atoms. The SMILES string of the molecule is C/C=C\C/C=C\C/C=C\C/C=C\CCC(=O)OC(COC(=O)CCCCCCC/C=C\C/C=C\C/C=C\CC)COC1OC(CO)C(O)C(O)C1O. The second-order valence-electron chi connectivity index (χ2n) is 12.7. The summed E-state index contributed by atoms with van der Waals surface area (Å²) >= 11 is 0. The van der Waals surface area contributed by atoms with Crippen molar-refractivity contribution in [3.63, 3.8) is 0 Å². The second kappa shape index (κ2) is 32.5. The van der Waals surface area contributed by atoms with Crippen molar-refractivity contribution in [3.05, 3.63) is 85.1 Å². The van der Waals surface area contributed by atoms with Crippen molar-refractivity contribution in [2.75, 3.05) is 19.8 Å². The average Bonchev–Trinajstić information content (AvgIpc) is 3.14. The molecule has 0 amide bonds. The van der Waals surface area contributed by atoms with Gasteiger partial charge in [-0.05, 0) is 71.1 Å². The molecule has 0 aromatic rings. The zero-order chi connectivity index (χ0) is 38.1. The third-order valence-electron chi connectivity index (χ3n) is 8.12. The molecule has 6 atom stereocenters. The maximum absolute atomic E-state index is 12.6. The van der Waals surface area contributed by atoms with Crippen LogP contribution in [0.25, 0.3) is 0 Å². The second-order valence-corrected chi connectivity index (χ2v) is 12.7. The van der Waals surface area contributed by atoms with Gasteiger partial charge in [-0.3, -0.25) is 9.59 Å². The van der Waals surface area contributed by atoms with Crippen LogP contribution in [0, 0.1) is 0 Å². The standard InChI is InChI=1S/C42H66O10/c1-3-5-7-9-11-13-15-17-18-19-21-22-24-26-28-30-37(44)49-33-35(34-50-42-41(48)40(47)39(46)36(32-43)52-42)51-38(45)31-29-27-25-23-20-16-14-12-10-8-6-4-2/h4-7,10-13,16-18,20,25,27,35-36,39-43,46-48H,3,8-9,14-15,19,21-24,26,28-34H2,1-2H3/b6-4-,7-5-,12-10-,13-11-,18-17-,20-16-,27-25-. The summed E-state index contributed by atoms with van der Waals surface area (Å²) in [5.74, 6) is -0.935. The number of ether oxygens (including phenoxy) is 4. The Kier molecular flexibility index (Phi) is 29.3. The minimum absolute atomic E-state index is 0.0994. The molecule has 0 aromatic heterocycles. The van der Waals surface area contributed by atoms with Gasteiger partial charge in [-0.15, -0.1) is 0 Å². The molecule has 10 heteroatoms. The number of hydrogen-bond acceptors (Lipinski definition) is 10. The lowest BCUT2D eigenvalue weighted by Gasteiger charge is -2.39. The highest BCUT2D eigenvalue weighted by Crippen LogP contribution is 2.22. The van der Waals surface area contributed by atoms with Crippen LogP contribution < -0.4 is 0 Å². The van der Waals surface area contributed by atoms with E-state index < -0.39 is 55.4 Å². The van der Waals surface area contributed by atoms with Crippen LogP contribution in [0.1, 0.15) is 110 Å². The fourth-order valence-electron chi connectivity index (χ4n) is 5.09. The quantitative estimate of drug-likeness (QED) is 0.0358. The number of carbonyl (C=O) groups is 2. The van der Waals surface area contributed by atoms with Crippen LogP contribution >= 0.6 is 0 Å². The molecular formula is C42H66O10. The van der Waals surface area contributed by atoms with E-state index >= 15 is 0 Å². The van der Waals surface area contributed by atoms with E-state index in [1.54, 1.807) is 0 Å². The van der Waals surface area contributed by atoms with Crippen molar-refractivity contribution in [1.29, 1.82) is 0 Å². The van der Waals surface area contributed by atoms with Crippen molar-refractivity contribution >= 4 is 11.9 Å². The molecule has 1 rings (SSSR count). The molecule has 1 aliphatic rings. The average molecular weight is 731 g/mol. The van der Waals surface area contributed by atoms with Gasteiger partial charge in [-0.2, -0.15) is 0 Å². The van der Waals surface area contributed by atoms with Crippen LogP contribution in [0.4, 0.5) is 0 Å². The van der Waals surface area contributed by atoms with E-state index in [0.717, 1.165) is 70.6 Å². The van der Waals surface area contributed by atoms with Crippen LogP contribution in [0.3, 0.4) is 0 Å². The van der Waals surface area contributed by atoms with Crippen LogP contribution in [0.2, 0.25) is 0 Å². The lowest BCUT2D eigenvalue weighted by atomic mass is 9.99. The van der Waals surface area contributed by atoms with Crippen molar-refractivity contribution in [2.45, 2.75) is 147 Å². The molecule has 1 aliphatic heterocycles. The number of esters is 2. The summed E-state index contributed by atoms with van der Waals surface area (Å²) < 4.78 is 21.9. The molecule has 0 spiro atoms. The van der Waals surface area contributed by atoms with E-state index in [9.17, 15) is 30.0 Å². The van der Waals surface area contributed by atoms with Crippen molar-refractivity contribution < 1.29 is 49.0 Å². The maximum Gasteiger partial charge on any atom is 0.306 e. The Morgan fingerprint density at radius 3 is 1.81 bits per heavy atom. The summed E-state index contributed by atoms with van der Waals surface area (Å²) in [6.45, 7) is 2.95. The molecule has 10 nitrogen and oxygen atoms in total. The van der Waals surface area contributed by atoms with E-state index in [2.05, 4.69) is 73.8 Å². The van der Waals surface area contributed by atoms with Gasteiger partial charge in [-0.1, -0.05) is 111 Å². The van der Waals surface area contributed by atoms with Gasteiger partial charge in [0, 0.05) is 12.8 Å². The fraction of sp³-hybridized carbons (Fsp3) is 0.619. The van der Waals surface area contributed by atoms with E-state index in [1.165, 1.54) is 0 Å². The van der Waals surface area contributed by atoms with Crippen LogP contribution in [0.15, 0.2) is 85.1 Å². The van der Waals surface area contributed by atoms with Crippen molar-refractivity contribution in [2.24, 2.45) is 0 Å². The first-order valence-electron chi connectivity index (χ1n) is 19.1. The first-order valence-corrected chi connectivity index (χ1v) is 19.1. The molecule has 4 N–H and O–H groups in total. The first kappa shape index (κ1) is 46.9. The molecule has 0 saturated carbocycles. The molecule has 1 saturated heterocycles. The number of rotatable bonds is 29. The molecule has 6 unspecified atom stereocenters. The van der Waals surface area contributed by atoms with Gasteiger partial charge in [0.05, 0.1) is 13.2 Å². The Hall–Kier alpha value is -3.12. The topological polar surface area (TPSA) is 152 Å². The third kappa shape index (κ3) is 24.2. The molecule has 0 bridgehead atoms. The van der Waals surface area contributed by atoms with Gasteiger partial charge in [0.25, 0.3) is 0 Å². The molecule has 0 radical (unpaired) electrons. The fourth-order valence-corrected chi connectivity index (χ4v) is 5.09. The summed E-state index contributed by atoms with van der Waals surface area (Å²) in [6.07, 6.45) is 33.4. The summed E-state index contributed by atoms with van der Waals surface area (Å²) in [4.78, 5) is 25.1. The Morgan fingerprint density at radius 2 is 1.19 bits per heavy atom. The smallest absolute Gasteiger partial charge is 0.306 e. The van der Waals surface area contributed by atoms with Gasteiger partial charge in [0.1, 0.15) is 31.0 Å². The number of aliphatic hydroxyl groups excluding tert-OH is 4. The van der Waals surface area contributed by atoms with E-state index in [4.69, 9.17) is 18.9 Å². The van der Waals surface area contributed by atoms with Gasteiger partial charge in [0.15, 0.2) is 12.4 Å². The number of aliphatic hydroxyl groups is 4. The number of unbranched alkanes of at least 4 members (excludes halogenated alkanes) is 5. The summed E-state index contributed by atoms with van der Waals surface area (Å²) in [7, 11) is 0. The summed E-state index contributed by atoms with van der Waals surface area (Å²) in [5, 5.41) is 39.9. The Labute approximate surface area is 312 Å². The number of carbonyl (C=O) groups excluding carboxylic acids is 2. The van der Waals surface area contributed by atoms with Crippen LogP contribution in [0.5, 0.6) is 0 Å².